The molecule has 7 aromatic rings. The van der Waals surface area contributed by atoms with Crippen LogP contribution in [-0.2, 0) is 13.1 Å². The Morgan fingerprint density at radius 2 is 0.768 bits per heavy atom. The SMILES string of the molecule is CCCCC(CC)Cn1c(=O)c2cc3c(C#Cc4ccccc4)c4cc5c(=O)n(CC(CC)CCCC)c(=O)c5cc4c(C#Cc4ccccc4)c3cc2c1=O. The second kappa shape index (κ2) is 16.8. The fraction of sp³-hybridized carbons (Fsp3) is 0.320. The van der Waals surface area contributed by atoms with E-state index >= 15 is 0 Å². The van der Waals surface area contributed by atoms with Crippen LogP contribution in [0.2, 0.25) is 0 Å². The van der Waals surface area contributed by atoms with Gasteiger partial charge in [0.05, 0.1) is 21.5 Å². The Balaban J connectivity index is 1.58. The number of hydrogen-bond donors (Lipinski definition) is 0. The highest BCUT2D eigenvalue weighted by molar-refractivity contribution is 6.16. The van der Waals surface area contributed by atoms with Crippen LogP contribution in [0.5, 0.6) is 0 Å². The number of aromatic nitrogens is 2. The van der Waals surface area contributed by atoms with E-state index in [2.05, 4.69) is 51.4 Å². The summed E-state index contributed by atoms with van der Waals surface area (Å²) in [7, 11) is 0. The van der Waals surface area contributed by atoms with Crippen molar-refractivity contribution in [2.45, 2.75) is 92.2 Å². The molecule has 0 saturated carbocycles. The summed E-state index contributed by atoms with van der Waals surface area (Å²) in [6.07, 6.45) is 7.81. The quantitative estimate of drug-likeness (QED) is 0.0924. The molecule has 2 unspecified atom stereocenters. The van der Waals surface area contributed by atoms with Crippen molar-refractivity contribution in [3.63, 3.8) is 0 Å². The summed E-state index contributed by atoms with van der Waals surface area (Å²) in [6.45, 7) is 9.24. The van der Waals surface area contributed by atoms with Gasteiger partial charge in [-0.2, -0.15) is 0 Å². The molecule has 56 heavy (non-hydrogen) atoms. The minimum atomic E-state index is -0.306. The summed E-state index contributed by atoms with van der Waals surface area (Å²) in [5, 5.41) is 4.02. The molecule has 0 bridgehead atoms. The third kappa shape index (κ3) is 7.37. The van der Waals surface area contributed by atoms with Crippen molar-refractivity contribution in [3.8, 4) is 23.7 Å². The summed E-state index contributed by atoms with van der Waals surface area (Å²) in [4.78, 5) is 56.5. The van der Waals surface area contributed by atoms with Crippen molar-refractivity contribution in [1.29, 1.82) is 0 Å². The van der Waals surface area contributed by atoms with Gasteiger partial charge < -0.3 is 0 Å². The van der Waals surface area contributed by atoms with Gasteiger partial charge in [-0.15, -0.1) is 0 Å². The van der Waals surface area contributed by atoms with Gasteiger partial charge in [-0.1, -0.05) is 126 Å². The molecule has 0 amide bonds. The molecule has 0 aliphatic carbocycles. The number of benzene rings is 5. The predicted octanol–water partition coefficient (Wildman–Crippen LogP) is 9.45. The highest BCUT2D eigenvalue weighted by Gasteiger charge is 2.23. The molecule has 2 atom stereocenters. The Bertz CT molecular complexity index is 2580. The maximum atomic E-state index is 14.1. The molecule has 0 aliphatic heterocycles. The van der Waals surface area contributed by atoms with E-state index in [1.807, 2.05) is 60.7 Å². The first-order valence-electron chi connectivity index (χ1n) is 20.3. The van der Waals surface area contributed by atoms with E-state index in [9.17, 15) is 19.2 Å². The standard InChI is InChI=1S/C50H48N2O4/c1-5-9-17-33(7-3)31-51-47(53)43-27-39-37(25-23-35-19-13-11-14-20-35)41-29-45-46(50(56)52(49(45)55)32-34(8-4)18-10-6-2)30-42(41)38(40(39)28-44(43)48(51)54)26-24-36-21-15-12-16-22-36/h11-16,19-22,27-30,33-34H,5-10,17-18,31-32H2,1-4H3. The Hall–Kier alpha value is -5.98. The molecule has 0 fully saturated rings. The number of hydrogen-bond acceptors (Lipinski definition) is 4. The highest BCUT2D eigenvalue weighted by Crippen LogP contribution is 2.36. The van der Waals surface area contributed by atoms with Gasteiger partial charge in [0, 0.05) is 56.9 Å². The minimum absolute atomic E-state index is 0.213. The molecule has 0 N–H and O–H groups in total. The molecular formula is C50H48N2O4. The summed E-state index contributed by atoms with van der Waals surface area (Å²) >= 11 is 0. The van der Waals surface area contributed by atoms with Crippen molar-refractivity contribution >= 4 is 43.1 Å². The molecule has 0 spiro atoms. The second-order valence-corrected chi connectivity index (χ2v) is 15.1. The fourth-order valence-corrected chi connectivity index (χ4v) is 8.06. The molecule has 0 radical (unpaired) electrons. The lowest BCUT2D eigenvalue weighted by Gasteiger charge is -2.13. The summed E-state index contributed by atoms with van der Waals surface area (Å²) < 4.78 is 2.81. The maximum absolute atomic E-state index is 14.1. The van der Waals surface area contributed by atoms with Crippen LogP contribution in [0.3, 0.4) is 0 Å². The highest BCUT2D eigenvalue weighted by atomic mass is 16.2. The average molecular weight is 741 g/mol. The first kappa shape index (κ1) is 38.3. The predicted molar refractivity (Wildman–Crippen MR) is 231 cm³/mol. The second-order valence-electron chi connectivity index (χ2n) is 15.1. The third-order valence-corrected chi connectivity index (χ3v) is 11.5. The molecular weight excluding hydrogens is 693 g/mol. The molecule has 0 aliphatic rings. The lowest BCUT2D eigenvalue weighted by atomic mass is 9.89. The van der Waals surface area contributed by atoms with E-state index in [1.165, 1.54) is 9.13 Å². The molecule has 7 rings (SSSR count). The van der Waals surface area contributed by atoms with E-state index in [1.54, 1.807) is 24.3 Å². The van der Waals surface area contributed by atoms with Crippen LogP contribution in [0.1, 0.15) is 101 Å². The van der Waals surface area contributed by atoms with Gasteiger partial charge in [0.25, 0.3) is 22.2 Å². The van der Waals surface area contributed by atoms with Crippen molar-refractivity contribution in [2.75, 3.05) is 0 Å². The molecule has 0 saturated heterocycles. The van der Waals surface area contributed by atoms with Gasteiger partial charge >= 0.3 is 0 Å². The number of nitrogens with zero attached hydrogens (tertiary/aromatic N) is 2. The van der Waals surface area contributed by atoms with E-state index in [4.69, 9.17) is 0 Å². The van der Waals surface area contributed by atoms with Crippen molar-refractivity contribution in [3.05, 3.63) is 149 Å². The molecule has 2 aromatic heterocycles. The number of fused-ring (bicyclic) bond motifs is 4. The maximum Gasteiger partial charge on any atom is 0.261 e. The fourth-order valence-electron chi connectivity index (χ4n) is 8.06. The van der Waals surface area contributed by atoms with Crippen LogP contribution in [0.25, 0.3) is 43.1 Å². The van der Waals surface area contributed by atoms with Crippen LogP contribution < -0.4 is 22.2 Å². The van der Waals surface area contributed by atoms with Crippen LogP contribution in [0.15, 0.2) is 104 Å². The topological polar surface area (TPSA) is 78.1 Å². The molecule has 6 nitrogen and oxygen atoms in total. The summed E-state index contributed by atoms with van der Waals surface area (Å²) in [6, 6.07) is 26.5. The zero-order valence-corrected chi connectivity index (χ0v) is 32.8. The largest absolute Gasteiger partial charge is 0.274 e. The summed E-state index contributed by atoms with van der Waals surface area (Å²) in [5.41, 5.74) is 1.59. The third-order valence-electron chi connectivity index (χ3n) is 11.5. The molecule has 282 valence electrons. The van der Waals surface area contributed by atoms with E-state index in [0.717, 1.165) is 62.5 Å². The zero-order chi connectivity index (χ0) is 39.3. The first-order valence-corrected chi connectivity index (χ1v) is 20.3. The van der Waals surface area contributed by atoms with Crippen LogP contribution in [0, 0.1) is 35.5 Å². The van der Waals surface area contributed by atoms with Crippen LogP contribution >= 0.6 is 0 Å². The Morgan fingerprint density at radius 1 is 0.446 bits per heavy atom. The van der Waals surface area contributed by atoms with Gasteiger partial charge in [-0.05, 0) is 73.2 Å². The molecule has 5 aromatic carbocycles. The van der Waals surface area contributed by atoms with Gasteiger partial charge in [-0.25, -0.2) is 0 Å². The Kier molecular flexibility index (Phi) is 11.5. The summed E-state index contributed by atoms with van der Waals surface area (Å²) in [5.74, 6) is 13.9. The number of rotatable bonds is 12. The minimum Gasteiger partial charge on any atom is -0.274 e. The Labute approximate surface area is 327 Å². The Morgan fingerprint density at radius 3 is 1.05 bits per heavy atom. The lowest BCUT2D eigenvalue weighted by Crippen LogP contribution is -2.28. The van der Waals surface area contributed by atoms with Crippen molar-refractivity contribution < 1.29 is 0 Å². The van der Waals surface area contributed by atoms with E-state index in [-0.39, 0.29) is 34.1 Å². The van der Waals surface area contributed by atoms with E-state index in [0.29, 0.717) is 67.3 Å². The van der Waals surface area contributed by atoms with Gasteiger partial charge in [0.1, 0.15) is 0 Å². The number of unbranched alkanes of at least 4 members (excludes halogenated alkanes) is 2. The van der Waals surface area contributed by atoms with Gasteiger partial charge in [0.2, 0.25) is 0 Å². The van der Waals surface area contributed by atoms with Crippen LogP contribution in [0.4, 0.5) is 0 Å². The monoisotopic (exact) mass is 740 g/mol. The van der Waals surface area contributed by atoms with Crippen LogP contribution in [-0.4, -0.2) is 9.13 Å². The van der Waals surface area contributed by atoms with Gasteiger partial charge in [-0.3, -0.25) is 28.3 Å². The first-order chi connectivity index (χ1) is 27.3. The normalized spacial score (nSPS) is 12.5. The lowest BCUT2D eigenvalue weighted by molar-refractivity contribution is 0.384. The molecule has 6 heteroatoms. The molecule has 2 heterocycles. The van der Waals surface area contributed by atoms with Gasteiger partial charge in [0.15, 0.2) is 0 Å². The van der Waals surface area contributed by atoms with Crippen molar-refractivity contribution in [1.82, 2.24) is 9.13 Å². The van der Waals surface area contributed by atoms with E-state index < -0.39 is 0 Å². The smallest absolute Gasteiger partial charge is 0.261 e. The van der Waals surface area contributed by atoms with Crippen molar-refractivity contribution in [2.24, 2.45) is 11.8 Å². The zero-order valence-electron chi connectivity index (χ0n) is 32.8. The average Bonchev–Trinajstić information content (AvgIpc) is 3.60.